The Hall–Kier alpha value is -1.67. The molecular weight excluding hydrogens is 268 g/mol. The molecule has 0 saturated heterocycles. The third kappa shape index (κ3) is 2.61. The summed E-state index contributed by atoms with van der Waals surface area (Å²) in [6.07, 6.45) is 1.15. The van der Waals surface area contributed by atoms with Crippen LogP contribution < -0.4 is 10.2 Å². The van der Waals surface area contributed by atoms with Gasteiger partial charge in [0, 0.05) is 36.5 Å². The highest BCUT2D eigenvalue weighted by Gasteiger charge is 2.15. The number of hydrogen-bond donors (Lipinski definition) is 1. The zero-order valence-electron chi connectivity index (χ0n) is 11.9. The summed E-state index contributed by atoms with van der Waals surface area (Å²) in [7, 11) is 2.15. The van der Waals surface area contributed by atoms with Crippen molar-refractivity contribution in [1.29, 1.82) is 0 Å². The Morgan fingerprint density at radius 3 is 2.90 bits per heavy atom. The molecule has 0 atom stereocenters. The number of nitrogens with one attached hydrogen (secondary N) is 1. The van der Waals surface area contributed by atoms with Crippen LogP contribution in [0, 0.1) is 6.92 Å². The van der Waals surface area contributed by atoms with E-state index < -0.39 is 0 Å². The first-order valence-corrected chi connectivity index (χ1v) is 7.34. The molecule has 0 unspecified atom stereocenters. The van der Waals surface area contributed by atoms with E-state index in [0.29, 0.717) is 0 Å². The number of hydrogen-bond acceptors (Lipinski definition) is 2. The standard InChI is InChI=1S/C17H19ClN2/c1-12-3-5-15(18)10-16(12)19-11-13-4-6-17-14(9-13)7-8-20(17)2/h3-6,9-10,19H,7-8,11H2,1-2H3. The molecule has 1 N–H and O–H groups in total. The predicted molar refractivity (Wildman–Crippen MR) is 86.9 cm³/mol. The topological polar surface area (TPSA) is 15.3 Å². The third-order valence-corrected chi connectivity index (χ3v) is 4.19. The van der Waals surface area contributed by atoms with Crippen LogP contribution >= 0.6 is 11.6 Å². The second-order valence-corrected chi connectivity index (χ2v) is 5.88. The van der Waals surface area contributed by atoms with Crippen LogP contribution in [-0.2, 0) is 13.0 Å². The summed E-state index contributed by atoms with van der Waals surface area (Å²) in [5, 5.41) is 4.25. The van der Waals surface area contributed by atoms with Crippen molar-refractivity contribution < 1.29 is 0 Å². The van der Waals surface area contributed by atoms with Gasteiger partial charge in [0.1, 0.15) is 0 Å². The van der Waals surface area contributed by atoms with Crippen molar-refractivity contribution in [2.45, 2.75) is 19.9 Å². The fourth-order valence-corrected chi connectivity index (χ4v) is 2.88. The zero-order chi connectivity index (χ0) is 14.1. The molecule has 20 heavy (non-hydrogen) atoms. The molecule has 3 rings (SSSR count). The molecule has 0 fully saturated rings. The lowest BCUT2D eigenvalue weighted by atomic mass is 10.1. The maximum Gasteiger partial charge on any atom is 0.0426 e. The van der Waals surface area contributed by atoms with E-state index in [0.717, 1.165) is 30.2 Å². The molecule has 0 bridgehead atoms. The molecule has 0 spiro atoms. The molecule has 0 radical (unpaired) electrons. The lowest BCUT2D eigenvalue weighted by Gasteiger charge is -2.13. The molecular formula is C17H19ClN2. The minimum absolute atomic E-state index is 0.772. The molecule has 1 heterocycles. The van der Waals surface area contributed by atoms with Gasteiger partial charge in [0.05, 0.1) is 0 Å². The van der Waals surface area contributed by atoms with E-state index in [1.54, 1.807) is 0 Å². The summed E-state index contributed by atoms with van der Waals surface area (Å²) in [5.41, 5.74) is 6.46. The summed E-state index contributed by atoms with van der Waals surface area (Å²) in [6, 6.07) is 12.7. The average molecular weight is 287 g/mol. The highest BCUT2D eigenvalue weighted by atomic mass is 35.5. The Bertz CT molecular complexity index is 637. The number of aryl methyl sites for hydroxylation is 1. The van der Waals surface area contributed by atoms with E-state index in [1.807, 2.05) is 18.2 Å². The van der Waals surface area contributed by atoms with E-state index >= 15 is 0 Å². The van der Waals surface area contributed by atoms with Crippen molar-refractivity contribution in [2.24, 2.45) is 0 Å². The van der Waals surface area contributed by atoms with E-state index in [4.69, 9.17) is 11.6 Å². The first kappa shape index (κ1) is 13.3. The van der Waals surface area contributed by atoms with Gasteiger partial charge in [-0.2, -0.15) is 0 Å². The Balaban J connectivity index is 1.74. The van der Waals surface area contributed by atoms with E-state index in [2.05, 4.69) is 42.4 Å². The summed E-state index contributed by atoms with van der Waals surface area (Å²) in [5.74, 6) is 0. The fourth-order valence-electron chi connectivity index (χ4n) is 2.71. The number of fused-ring (bicyclic) bond motifs is 1. The van der Waals surface area contributed by atoms with Crippen molar-refractivity contribution >= 4 is 23.0 Å². The molecule has 2 nitrogen and oxygen atoms in total. The molecule has 0 amide bonds. The minimum atomic E-state index is 0.772. The Labute approximate surface area is 125 Å². The Morgan fingerprint density at radius 1 is 1.20 bits per heavy atom. The number of nitrogens with zero attached hydrogens (tertiary/aromatic N) is 1. The van der Waals surface area contributed by atoms with Crippen molar-refractivity contribution in [1.82, 2.24) is 0 Å². The molecule has 2 aromatic rings. The summed E-state index contributed by atoms with van der Waals surface area (Å²) in [4.78, 5) is 2.31. The van der Waals surface area contributed by atoms with Crippen molar-refractivity contribution in [3.05, 3.63) is 58.1 Å². The largest absolute Gasteiger partial charge is 0.381 e. The van der Waals surface area contributed by atoms with Crippen LogP contribution in [-0.4, -0.2) is 13.6 Å². The first-order valence-electron chi connectivity index (χ1n) is 6.96. The maximum atomic E-state index is 6.05. The van der Waals surface area contributed by atoms with Crippen LogP contribution in [0.1, 0.15) is 16.7 Å². The van der Waals surface area contributed by atoms with Gasteiger partial charge in [0.2, 0.25) is 0 Å². The number of rotatable bonds is 3. The molecule has 0 saturated carbocycles. The van der Waals surface area contributed by atoms with Crippen LogP contribution in [0.5, 0.6) is 0 Å². The summed E-state index contributed by atoms with van der Waals surface area (Å²) < 4.78 is 0. The van der Waals surface area contributed by atoms with Gasteiger partial charge in [-0.25, -0.2) is 0 Å². The van der Waals surface area contributed by atoms with Crippen LogP contribution in [0.3, 0.4) is 0 Å². The number of halogens is 1. The molecule has 104 valence electrons. The SMILES string of the molecule is Cc1ccc(Cl)cc1NCc1ccc2c(c1)CCN2C. The number of likely N-dealkylation sites (N-methyl/N-ethyl adjacent to an activating group) is 1. The summed E-state index contributed by atoms with van der Waals surface area (Å²) in [6.45, 7) is 4.05. The molecule has 1 aliphatic rings. The lowest BCUT2D eigenvalue weighted by Crippen LogP contribution is -2.12. The highest BCUT2D eigenvalue weighted by molar-refractivity contribution is 6.30. The molecule has 3 heteroatoms. The van der Waals surface area contributed by atoms with Gasteiger partial charge in [0.25, 0.3) is 0 Å². The van der Waals surface area contributed by atoms with Gasteiger partial charge in [-0.15, -0.1) is 0 Å². The summed E-state index contributed by atoms with van der Waals surface area (Å²) >= 11 is 6.05. The highest BCUT2D eigenvalue weighted by Crippen LogP contribution is 2.28. The molecule has 2 aromatic carbocycles. The van der Waals surface area contributed by atoms with Gasteiger partial charge in [-0.3, -0.25) is 0 Å². The average Bonchev–Trinajstić information content (AvgIpc) is 2.81. The van der Waals surface area contributed by atoms with Crippen molar-refractivity contribution in [3.63, 3.8) is 0 Å². The van der Waals surface area contributed by atoms with Gasteiger partial charge in [-0.05, 0) is 48.2 Å². The van der Waals surface area contributed by atoms with Crippen LogP contribution in [0.25, 0.3) is 0 Å². The van der Waals surface area contributed by atoms with Crippen molar-refractivity contribution in [2.75, 3.05) is 23.8 Å². The first-order chi connectivity index (χ1) is 9.63. The second kappa shape index (κ2) is 5.37. The van der Waals surface area contributed by atoms with Crippen LogP contribution in [0.15, 0.2) is 36.4 Å². The van der Waals surface area contributed by atoms with Crippen LogP contribution in [0.2, 0.25) is 5.02 Å². The fraction of sp³-hybridized carbons (Fsp3) is 0.294. The van der Waals surface area contributed by atoms with E-state index in [1.165, 1.54) is 22.4 Å². The Kier molecular flexibility index (Phi) is 3.58. The Morgan fingerprint density at radius 2 is 2.05 bits per heavy atom. The van der Waals surface area contributed by atoms with Crippen LogP contribution in [0.4, 0.5) is 11.4 Å². The molecule has 0 aromatic heterocycles. The van der Waals surface area contributed by atoms with E-state index in [9.17, 15) is 0 Å². The third-order valence-electron chi connectivity index (χ3n) is 3.95. The molecule has 1 aliphatic heterocycles. The lowest BCUT2D eigenvalue weighted by molar-refractivity contribution is 0.955. The minimum Gasteiger partial charge on any atom is -0.381 e. The smallest absolute Gasteiger partial charge is 0.0426 e. The second-order valence-electron chi connectivity index (χ2n) is 5.45. The normalized spacial score (nSPS) is 13.4. The van der Waals surface area contributed by atoms with Gasteiger partial charge < -0.3 is 10.2 Å². The zero-order valence-corrected chi connectivity index (χ0v) is 12.7. The maximum absolute atomic E-state index is 6.05. The van der Waals surface area contributed by atoms with Gasteiger partial charge in [0.15, 0.2) is 0 Å². The van der Waals surface area contributed by atoms with Gasteiger partial charge in [-0.1, -0.05) is 29.8 Å². The monoisotopic (exact) mass is 286 g/mol. The number of anilines is 2. The number of benzene rings is 2. The van der Waals surface area contributed by atoms with Crippen molar-refractivity contribution in [3.8, 4) is 0 Å². The molecule has 0 aliphatic carbocycles. The van der Waals surface area contributed by atoms with Gasteiger partial charge >= 0.3 is 0 Å². The van der Waals surface area contributed by atoms with E-state index in [-0.39, 0.29) is 0 Å². The predicted octanol–water partition coefficient (Wildman–Crippen LogP) is 4.25. The quantitative estimate of drug-likeness (QED) is 0.907.